The molecule has 3 heterocycles. The van der Waals surface area contributed by atoms with Crippen molar-refractivity contribution < 1.29 is 46.5 Å². The van der Waals surface area contributed by atoms with E-state index in [1.54, 1.807) is 25.1 Å². The second-order valence-electron chi connectivity index (χ2n) is 10.5. The van der Waals surface area contributed by atoms with Gasteiger partial charge >= 0.3 is 13.7 Å². The number of esters is 1. The number of ether oxygens (including phenoxy) is 3. The van der Waals surface area contributed by atoms with Crippen LogP contribution in [0.4, 0.5) is 14.7 Å². The molecule has 1 unspecified atom stereocenters. The highest BCUT2D eigenvalue weighted by molar-refractivity contribution is 7.52. The number of aliphatic hydroxyl groups excluding tert-OH is 1. The van der Waals surface area contributed by atoms with E-state index in [9.17, 15) is 14.5 Å². The van der Waals surface area contributed by atoms with Gasteiger partial charge in [-0.1, -0.05) is 32.0 Å². The molecule has 1 aromatic carbocycles. The number of aliphatic hydroxyl groups is 1. The van der Waals surface area contributed by atoms with Gasteiger partial charge in [-0.25, -0.2) is 18.3 Å². The number of aromatic nitrogens is 4. The van der Waals surface area contributed by atoms with Crippen LogP contribution in [-0.4, -0.2) is 74.1 Å². The van der Waals surface area contributed by atoms with E-state index in [1.807, 2.05) is 13.8 Å². The molecule has 1 saturated heterocycles. The highest BCUT2D eigenvalue weighted by atomic mass is 31.2. The summed E-state index contributed by atoms with van der Waals surface area (Å²) in [5, 5.41) is 13.2. The predicted molar refractivity (Wildman–Crippen MR) is 149 cm³/mol. The molecule has 3 aromatic rings. The number of nitrogen functional groups attached to an aromatic ring is 1. The number of carbonyl (C=O) groups is 1. The molecule has 17 heteroatoms. The van der Waals surface area contributed by atoms with Crippen LogP contribution in [0.15, 0.2) is 36.7 Å². The lowest BCUT2D eigenvalue weighted by Gasteiger charge is -2.28. The van der Waals surface area contributed by atoms with Gasteiger partial charge in [0.25, 0.3) is 5.85 Å². The first-order valence-corrected chi connectivity index (χ1v) is 15.0. The quantitative estimate of drug-likeness (QED) is 0.185. The summed E-state index contributed by atoms with van der Waals surface area (Å²) in [5.41, 5.74) is 3.04. The second-order valence-corrected chi connectivity index (χ2v) is 12.2. The van der Waals surface area contributed by atoms with E-state index in [1.165, 1.54) is 19.1 Å². The molecule has 1 fully saturated rings. The lowest BCUT2D eigenvalue weighted by molar-refractivity contribution is -0.202. The monoisotopic (exact) mass is 628 g/mol. The van der Waals surface area contributed by atoms with E-state index in [0.29, 0.717) is 0 Å². The van der Waals surface area contributed by atoms with Crippen LogP contribution in [-0.2, 0) is 23.4 Å². The van der Waals surface area contributed by atoms with Crippen LogP contribution >= 0.6 is 7.75 Å². The number of rotatable bonds is 13. The maximum Gasteiger partial charge on any atom is 0.459 e. The molecule has 0 spiro atoms. The smallest absolute Gasteiger partial charge is 0.459 e. The first-order chi connectivity index (χ1) is 20.2. The third-order valence-corrected chi connectivity index (χ3v) is 7.96. The Bertz CT molecular complexity index is 1480. The number of carbonyl (C=O) groups excluding carboxylic acids is 1. The zero-order valence-corrected chi connectivity index (χ0v) is 25.2. The van der Waals surface area contributed by atoms with Gasteiger partial charge in [0.15, 0.2) is 29.2 Å². The maximum absolute atomic E-state index is 16.2. The Hall–Kier alpha value is -3.43. The Labute approximate surface area is 246 Å². The van der Waals surface area contributed by atoms with Gasteiger partial charge in [0.1, 0.15) is 18.4 Å². The molecule has 0 bridgehead atoms. The molecule has 0 radical (unpaired) electrons. The van der Waals surface area contributed by atoms with Crippen LogP contribution in [0.3, 0.4) is 0 Å². The summed E-state index contributed by atoms with van der Waals surface area (Å²) >= 11 is 0. The van der Waals surface area contributed by atoms with Crippen LogP contribution < -0.4 is 20.1 Å². The van der Waals surface area contributed by atoms with Crippen molar-refractivity contribution in [2.45, 2.75) is 64.5 Å². The molecule has 0 saturated carbocycles. The number of halogens is 2. The molecule has 1 aliphatic rings. The first kappa shape index (κ1) is 32.5. The Balaban J connectivity index is 1.59. The second kappa shape index (κ2) is 12.7. The summed E-state index contributed by atoms with van der Waals surface area (Å²) in [6.45, 7) is 6.69. The molecular weight excluding hydrogens is 593 g/mol. The first-order valence-electron chi connectivity index (χ1n) is 13.5. The maximum atomic E-state index is 16.2. The summed E-state index contributed by atoms with van der Waals surface area (Å²) in [4.78, 5) is 24.6. The number of para-hydroxylation sites is 1. The van der Waals surface area contributed by atoms with Crippen molar-refractivity contribution in [2.24, 2.45) is 5.92 Å². The molecule has 0 amide bonds. The minimum absolute atomic E-state index is 0.0174. The summed E-state index contributed by atoms with van der Waals surface area (Å²) in [5.74, 6) is -4.14. The Morgan fingerprint density at radius 1 is 1.26 bits per heavy atom. The lowest BCUT2D eigenvalue weighted by atomic mass is 9.97. The Kier molecular flexibility index (Phi) is 9.57. The fourth-order valence-electron chi connectivity index (χ4n) is 4.23. The van der Waals surface area contributed by atoms with Crippen LogP contribution in [0.5, 0.6) is 11.6 Å². The lowest BCUT2D eigenvalue weighted by Crippen LogP contribution is -2.47. The fourth-order valence-corrected chi connectivity index (χ4v) is 5.73. The molecule has 236 valence electrons. The average molecular weight is 629 g/mol. The standard InChI is InChI=1S/C26H35F2N6O8P/c1-6-38-20-18-19(31-24(29)32-20)34(14-30-18)23-25(5,27)22(36)26(28,41-23)13-40-43(37,42-17-10-8-7-9-11-17)33-16(4)21(35)39-12-15(2)3/h7-11,14-16,22-23,36H,6,12-13H2,1-5H3,(H,33,37)(H2,29,31,32)/t16-,22-,23+,25+,26+,43?/m0/s1. The molecule has 14 nitrogen and oxygen atoms in total. The van der Waals surface area contributed by atoms with Crippen molar-refractivity contribution in [1.82, 2.24) is 24.6 Å². The minimum Gasteiger partial charge on any atom is -0.476 e. The van der Waals surface area contributed by atoms with Gasteiger partial charge in [0, 0.05) is 0 Å². The van der Waals surface area contributed by atoms with Crippen LogP contribution in [0.2, 0.25) is 0 Å². The largest absolute Gasteiger partial charge is 0.476 e. The summed E-state index contributed by atoms with van der Waals surface area (Å²) in [6.07, 6.45) is -3.18. The van der Waals surface area contributed by atoms with Crippen molar-refractivity contribution >= 4 is 30.8 Å². The summed E-state index contributed by atoms with van der Waals surface area (Å²) in [7, 11) is -4.58. The van der Waals surface area contributed by atoms with Gasteiger partial charge in [0.05, 0.1) is 19.5 Å². The van der Waals surface area contributed by atoms with Gasteiger partial charge < -0.3 is 29.6 Å². The SMILES string of the molecule is CCOc1nc(N)nc2c1ncn2[C@@H]1O[C@](F)(COP(=O)(N[C@@H](C)C(=O)OCC(C)C)Oc2ccccc2)[C@@H](O)[C@@]1(C)F. The molecule has 6 atom stereocenters. The summed E-state index contributed by atoms with van der Waals surface area (Å²) in [6, 6.07) is 6.53. The zero-order chi connectivity index (χ0) is 31.6. The average Bonchev–Trinajstić information content (AvgIpc) is 3.44. The van der Waals surface area contributed by atoms with Gasteiger partial charge in [-0.15, -0.1) is 0 Å². The number of anilines is 1. The Morgan fingerprint density at radius 2 is 1.95 bits per heavy atom. The van der Waals surface area contributed by atoms with Crippen LogP contribution in [0, 0.1) is 5.92 Å². The third kappa shape index (κ3) is 7.04. The number of fused-ring (bicyclic) bond motifs is 1. The van der Waals surface area contributed by atoms with E-state index < -0.39 is 50.2 Å². The number of imidazole rings is 1. The van der Waals surface area contributed by atoms with Gasteiger partial charge in [-0.05, 0) is 38.8 Å². The number of benzene rings is 1. The fraction of sp³-hybridized carbons (Fsp3) is 0.538. The highest BCUT2D eigenvalue weighted by Gasteiger charge is 2.65. The molecule has 0 aliphatic carbocycles. The molecule has 2 aromatic heterocycles. The van der Waals surface area contributed by atoms with E-state index in [4.69, 9.17) is 29.0 Å². The van der Waals surface area contributed by atoms with Crippen LogP contribution in [0.25, 0.3) is 11.2 Å². The molecule has 4 N–H and O–H groups in total. The van der Waals surface area contributed by atoms with Crippen LogP contribution in [0.1, 0.15) is 40.8 Å². The number of nitrogens with zero attached hydrogens (tertiary/aromatic N) is 4. The normalized spacial score (nSPS) is 25.9. The molecular formula is C26H35F2N6O8P. The minimum atomic E-state index is -4.58. The van der Waals surface area contributed by atoms with E-state index in [2.05, 4.69) is 20.0 Å². The van der Waals surface area contributed by atoms with Crippen molar-refractivity contribution in [3.8, 4) is 11.6 Å². The van der Waals surface area contributed by atoms with E-state index in [-0.39, 0.29) is 47.9 Å². The number of alkyl halides is 2. The number of nitrogens with two attached hydrogens (primary N) is 1. The number of hydrogen-bond acceptors (Lipinski definition) is 12. The van der Waals surface area contributed by atoms with Gasteiger partial charge in [0.2, 0.25) is 11.8 Å². The zero-order valence-electron chi connectivity index (χ0n) is 24.3. The summed E-state index contributed by atoms with van der Waals surface area (Å²) < 4.78 is 74.0. The predicted octanol–water partition coefficient (Wildman–Crippen LogP) is 3.47. The van der Waals surface area contributed by atoms with Crippen molar-refractivity contribution in [2.75, 3.05) is 25.6 Å². The van der Waals surface area contributed by atoms with Gasteiger partial charge in [-0.2, -0.15) is 15.1 Å². The highest BCUT2D eigenvalue weighted by Crippen LogP contribution is 2.52. The van der Waals surface area contributed by atoms with E-state index in [0.717, 1.165) is 17.8 Å². The van der Waals surface area contributed by atoms with Gasteiger partial charge in [-0.3, -0.25) is 13.9 Å². The molecule has 4 rings (SSSR count). The molecule has 43 heavy (non-hydrogen) atoms. The number of nitrogens with one attached hydrogen (secondary N) is 1. The van der Waals surface area contributed by atoms with E-state index >= 15 is 8.78 Å². The van der Waals surface area contributed by atoms with Crippen molar-refractivity contribution in [1.29, 1.82) is 0 Å². The molecule has 1 aliphatic heterocycles. The van der Waals surface area contributed by atoms with Crippen molar-refractivity contribution in [3.63, 3.8) is 0 Å². The number of hydrogen-bond donors (Lipinski definition) is 3. The topological polar surface area (TPSA) is 182 Å². The Morgan fingerprint density at radius 3 is 2.60 bits per heavy atom. The third-order valence-electron chi connectivity index (χ3n) is 6.34. The van der Waals surface area contributed by atoms with Crippen molar-refractivity contribution in [3.05, 3.63) is 36.7 Å².